The Labute approximate surface area is 69.5 Å². The molecule has 1 heterocycles. The van der Waals surface area contributed by atoms with Crippen LogP contribution in [-0.4, -0.2) is 12.3 Å². The fraction of sp³-hybridized carbons (Fsp3) is 0.667. The summed E-state index contributed by atoms with van der Waals surface area (Å²) in [6, 6.07) is 0. The third kappa shape index (κ3) is 1.89. The van der Waals surface area contributed by atoms with Crippen LogP contribution in [0.2, 0.25) is 0 Å². The van der Waals surface area contributed by atoms with E-state index in [0.717, 1.165) is 12.3 Å². The average Bonchev–Trinajstić information content (AvgIpc) is 1.79. The fourth-order valence-electron chi connectivity index (χ4n) is 1.03. The minimum absolute atomic E-state index is 1.08. The van der Waals surface area contributed by atoms with Gasteiger partial charge < -0.3 is 0 Å². The maximum absolute atomic E-state index is 5.35. The molecule has 0 atom stereocenters. The molecule has 0 aromatic rings. The van der Waals surface area contributed by atoms with Gasteiger partial charge in [-0.2, -0.15) is 0 Å². The zero-order chi connectivity index (χ0) is 7.07. The fourth-order valence-corrected chi connectivity index (χ4v) is 6.52. The molecular weight excluding hydrogens is 215 g/mol. The van der Waals surface area contributed by atoms with Gasteiger partial charge in [0, 0.05) is 17.1 Å². The lowest BCUT2D eigenvalue weighted by Crippen LogP contribution is -1.74. The van der Waals surface area contributed by atoms with Crippen molar-refractivity contribution < 1.29 is 0 Å². The summed E-state index contributed by atoms with van der Waals surface area (Å²) in [7, 11) is 0. The normalized spacial score (nSPS) is 25.2. The Morgan fingerprint density at radius 1 is 1.33 bits per heavy atom. The van der Waals surface area contributed by atoms with Crippen molar-refractivity contribution in [3.05, 3.63) is 11.1 Å². The predicted molar refractivity (Wildman–Crippen MR) is 51.3 cm³/mol. The van der Waals surface area contributed by atoms with Gasteiger partial charge in [-0.15, -0.1) is 0 Å². The van der Waals surface area contributed by atoms with E-state index in [2.05, 4.69) is 29.3 Å². The Kier molecular flexibility index (Phi) is 2.20. The minimum atomic E-state index is -1.08. The number of halogens is 1. The zero-order valence-electron chi connectivity index (χ0n) is 5.65. The van der Waals surface area contributed by atoms with Crippen molar-refractivity contribution in [3.8, 4) is 0 Å². The van der Waals surface area contributed by atoms with E-state index in [1.54, 1.807) is 0 Å². The topological polar surface area (TPSA) is 0 Å². The van der Waals surface area contributed by atoms with Gasteiger partial charge in [-0.1, -0.05) is 23.0 Å². The molecule has 0 saturated carbocycles. The summed E-state index contributed by atoms with van der Waals surface area (Å²) in [6.45, 7) is 4.37. The lowest BCUT2D eigenvalue weighted by molar-refractivity contribution is 1.29. The van der Waals surface area contributed by atoms with Gasteiger partial charge in [0.2, 0.25) is 0 Å². The predicted octanol–water partition coefficient (Wildman–Crippen LogP) is 3.13. The van der Waals surface area contributed by atoms with E-state index in [1.165, 1.54) is 11.1 Å². The molecule has 0 saturated heterocycles. The molecule has 0 aromatic carbocycles. The van der Waals surface area contributed by atoms with Gasteiger partial charge >= 0.3 is 0 Å². The zero-order valence-corrected chi connectivity index (χ0v) is 8.94. The van der Waals surface area contributed by atoms with E-state index in [1.807, 2.05) is 0 Å². The van der Waals surface area contributed by atoms with Crippen LogP contribution < -0.4 is 0 Å². The summed E-state index contributed by atoms with van der Waals surface area (Å²) >= 11 is 8.96. The third-order valence-electron chi connectivity index (χ3n) is 1.68. The standard InChI is InChI=1S/C6H10BrPS/c1-5-3-8(7,9)4-6(5)2/h3-4H2,1-2H3. The van der Waals surface area contributed by atoms with E-state index in [0.29, 0.717) is 0 Å². The maximum Gasteiger partial charge on any atom is 0.0248 e. The first kappa shape index (κ1) is 7.97. The Balaban J connectivity index is 2.82. The Bertz CT molecular complexity index is 189. The molecule has 0 amide bonds. The second-order valence-electron chi connectivity index (χ2n) is 2.67. The number of hydrogen-bond donors (Lipinski definition) is 0. The summed E-state index contributed by atoms with van der Waals surface area (Å²) < 4.78 is -1.08. The van der Waals surface area contributed by atoms with Gasteiger partial charge in [0.25, 0.3) is 0 Å². The summed E-state index contributed by atoms with van der Waals surface area (Å²) in [5, 5.41) is 0. The first-order valence-corrected chi connectivity index (χ1v) is 8.13. The van der Waals surface area contributed by atoms with E-state index < -0.39 is 4.74 Å². The van der Waals surface area contributed by atoms with Crippen LogP contribution in [0.15, 0.2) is 11.1 Å². The minimum Gasteiger partial charge on any atom is -0.0847 e. The first-order chi connectivity index (χ1) is 4.01. The Morgan fingerprint density at radius 2 is 1.67 bits per heavy atom. The summed E-state index contributed by atoms with van der Waals surface area (Å²) in [4.78, 5) is 0. The molecule has 0 unspecified atom stereocenters. The molecule has 0 nitrogen and oxygen atoms in total. The van der Waals surface area contributed by atoms with Gasteiger partial charge in [-0.3, -0.25) is 0 Å². The highest BCUT2D eigenvalue weighted by atomic mass is 79.9. The molecule has 0 spiro atoms. The molecule has 1 rings (SSSR count). The van der Waals surface area contributed by atoms with Gasteiger partial charge in [0.1, 0.15) is 0 Å². The maximum atomic E-state index is 5.35. The van der Waals surface area contributed by atoms with Crippen molar-refractivity contribution in [1.82, 2.24) is 0 Å². The van der Waals surface area contributed by atoms with Gasteiger partial charge in [0.05, 0.1) is 0 Å². The molecule has 0 fully saturated rings. The highest BCUT2D eigenvalue weighted by Crippen LogP contribution is 2.60. The monoisotopic (exact) mass is 224 g/mol. The van der Waals surface area contributed by atoms with Crippen molar-refractivity contribution in [3.63, 3.8) is 0 Å². The SMILES string of the molecule is CC1=C(C)CP(=S)(Br)C1. The van der Waals surface area contributed by atoms with Crippen LogP contribution >= 0.6 is 20.2 Å². The van der Waals surface area contributed by atoms with Crippen molar-refractivity contribution in [2.24, 2.45) is 0 Å². The second-order valence-corrected chi connectivity index (χ2v) is 12.5. The lowest BCUT2D eigenvalue weighted by atomic mass is 10.2. The van der Waals surface area contributed by atoms with E-state index in [-0.39, 0.29) is 0 Å². The van der Waals surface area contributed by atoms with Crippen LogP contribution in [0.4, 0.5) is 0 Å². The molecule has 52 valence electrons. The summed E-state index contributed by atoms with van der Waals surface area (Å²) in [5.74, 6) is 0. The van der Waals surface area contributed by atoms with Gasteiger partial charge in [0.15, 0.2) is 0 Å². The van der Waals surface area contributed by atoms with Crippen LogP contribution in [0.3, 0.4) is 0 Å². The average molecular weight is 225 g/mol. The molecule has 1 aliphatic heterocycles. The Hall–Kier alpha value is 0.870. The summed E-state index contributed by atoms with van der Waals surface area (Å²) in [6.07, 6.45) is 2.29. The second kappa shape index (κ2) is 2.48. The van der Waals surface area contributed by atoms with Crippen molar-refractivity contribution in [2.45, 2.75) is 13.8 Å². The van der Waals surface area contributed by atoms with Crippen molar-refractivity contribution in [1.29, 1.82) is 0 Å². The van der Waals surface area contributed by atoms with E-state index >= 15 is 0 Å². The molecular formula is C6H10BrPS. The lowest BCUT2D eigenvalue weighted by Gasteiger charge is -2.02. The van der Waals surface area contributed by atoms with Gasteiger partial charge in [-0.25, -0.2) is 0 Å². The van der Waals surface area contributed by atoms with Crippen LogP contribution in [0, 0.1) is 0 Å². The Morgan fingerprint density at radius 3 is 1.78 bits per heavy atom. The molecule has 9 heavy (non-hydrogen) atoms. The van der Waals surface area contributed by atoms with Crippen molar-refractivity contribution >= 4 is 32.0 Å². The smallest absolute Gasteiger partial charge is 0.0248 e. The number of rotatable bonds is 0. The molecule has 1 aliphatic rings. The highest BCUT2D eigenvalue weighted by molar-refractivity contribution is 9.44. The largest absolute Gasteiger partial charge is 0.0847 e. The molecule has 0 N–H and O–H groups in total. The first-order valence-electron chi connectivity index (χ1n) is 2.94. The highest BCUT2D eigenvalue weighted by Gasteiger charge is 2.21. The van der Waals surface area contributed by atoms with Crippen LogP contribution in [-0.2, 0) is 11.8 Å². The third-order valence-corrected chi connectivity index (χ3v) is 5.85. The molecule has 0 radical (unpaired) electrons. The molecule has 3 heteroatoms. The number of hydrogen-bond acceptors (Lipinski definition) is 1. The van der Waals surface area contributed by atoms with Crippen molar-refractivity contribution in [2.75, 3.05) is 12.3 Å². The summed E-state index contributed by atoms with van der Waals surface area (Å²) in [5.41, 5.74) is 3.02. The number of allylic oxidation sites excluding steroid dienone is 2. The van der Waals surface area contributed by atoms with Crippen LogP contribution in [0.1, 0.15) is 13.8 Å². The molecule has 0 aromatic heterocycles. The van der Waals surface area contributed by atoms with Gasteiger partial charge in [-0.05, 0) is 29.3 Å². The van der Waals surface area contributed by atoms with Crippen LogP contribution in [0.5, 0.6) is 0 Å². The quantitative estimate of drug-likeness (QED) is 0.450. The molecule has 0 bridgehead atoms. The van der Waals surface area contributed by atoms with E-state index in [4.69, 9.17) is 11.8 Å². The molecule has 0 aliphatic carbocycles. The van der Waals surface area contributed by atoms with E-state index in [9.17, 15) is 0 Å². The van der Waals surface area contributed by atoms with Crippen LogP contribution in [0.25, 0.3) is 0 Å².